The van der Waals surface area contributed by atoms with Crippen molar-refractivity contribution < 1.29 is 21.6 Å². The Morgan fingerprint density at radius 2 is 1.60 bits per heavy atom. The minimum atomic E-state index is -3.87. The van der Waals surface area contributed by atoms with Crippen molar-refractivity contribution in [1.82, 2.24) is 9.21 Å². The van der Waals surface area contributed by atoms with Crippen molar-refractivity contribution in [1.29, 1.82) is 0 Å². The molecule has 164 valence electrons. The molecule has 2 rings (SSSR count). The topological polar surface area (TPSA) is 118 Å². The summed E-state index contributed by atoms with van der Waals surface area (Å²) in [5.74, 6) is -0.387. The van der Waals surface area contributed by atoms with Crippen molar-refractivity contribution in [3.05, 3.63) is 58.7 Å². The number of aryl methyl sites for hydroxylation is 1. The van der Waals surface area contributed by atoms with E-state index in [1.807, 2.05) is 0 Å². The Morgan fingerprint density at radius 3 is 2.13 bits per heavy atom. The second-order valence-electron chi connectivity index (χ2n) is 7.41. The molecule has 0 fully saturated rings. The van der Waals surface area contributed by atoms with Crippen molar-refractivity contribution in [3.8, 4) is 0 Å². The van der Waals surface area contributed by atoms with Crippen LogP contribution in [0.1, 0.15) is 40.0 Å². The fourth-order valence-electron chi connectivity index (χ4n) is 2.97. The molecule has 2 N–H and O–H groups in total. The van der Waals surface area contributed by atoms with Crippen molar-refractivity contribution in [2.24, 2.45) is 5.14 Å². The Morgan fingerprint density at radius 1 is 1.00 bits per heavy atom. The molecule has 30 heavy (non-hydrogen) atoms. The van der Waals surface area contributed by atoms with Gasteiger partial charge in [-0.3, -0.25) is 4.79 Å². The van der Waals surface area contributed by atoms with E-state index in [9.17, 15) is 21.6 Å². The first-order valence-electron chi connectivity index (χ1n) is 9.11. The third-order valence-corrected chi connectivity index (χ3v) is 8.05. The Hall–Kier alpha value is -2.27. The molecule has 1 atom stereocenters. The van der Waals surface area contributed by atoms with Gasteiger partial charge in [0.2, 0.25) is 20.0 Å². The average molecular weight is 454 g/mol. The largest absolute Gasteiger partial charge is 0.335 e. The SMILES string of the molecule is Cc1cc(C(=O)N(C)C(C)c2cccc(S(N)(=O)=O)c2)cc(S(=O)(=O)N(C)C)c1C. The van der Waals surface area contributed by atoms with Gasteiger partial charge in [-0.1, -0.05) is 12.1 Å². The molecule has 1 amide bonds. The molecule has 0 radical (unpaired) electrons. The van der Waals surface area contributed by atoms with Crippen molar-refractivity contribution in [3.63, 3.8) is 0 Å². The van der Waals surface area contributed by atoms with Gasteiger partial charge in [-0.2, -0.15) is 0 Å². The molecule has 0 saturated heterocycles. The van der Waals surface area contributed by atoms with Gasteiger partial charge in [0.15, 0.2) is 0 Å². The molecule has 10 heteroatoms. The predicted molar refractivity (Wildman–Crippen MR) is 115 cm³/mol. The van der Waals surface area contributed by atoms with Gasteiger partial charge in [-0.05, 0) is 61.7 Å². The lowest BCUT2D eigenvalue weighted by atomic mass is 10.0. The van der Waals surface area contributed by atoms with E-state index >= 15 is 0 Å². The standard InChI is InChI=1S/C20H27N3O5S2/c1-13-10-17(12-19(14(13)2)30(27,28)22(4)5)20(24)23(6)15(3)16-8-7-9-18(11-16)29(21,25)26/h7-12,15H,1-6H3,(H2,21,25,26). The number of nitrogens with zero attached hydrogens (tertiary/aromatic N) is 2. The summed E-state index contributed by atoms with van der Waals surface area (Å²) in [5, 5.41) is 5.20. The van der Waals surface area contributed by atoms with Crippen LogP contribution in [0, 0.1) is 13.8 Å². The monoisotopic (exact) mass is 453 g/mol. The van der Waals surface area contributed by atoms with Gasteiger partial charge in [0.25, 0.3) is 5.91 Å². The van der Waals surface area contributed by atoms with Crippen molar-refractivity contribution in [2.45, 2.75) is 36.6 Å². The number of benzene rings is 2. The van der Waals surface area contributed by atoms with Gasteiger partial charge in [0.1, 0.15) is 0 Å². The summed E-state index contributed by atoms with van der Waals surface area (Å²) in [5.41, 5.74) is 2.08. The lowest BCUT2D eigenvalue weighted by molar-refractivity contribution is 0.0742. The van der Waals surface area contributed by atoms with E-state index in [0.717, 1.165) is 4.31 Å². The summed E-state index contributed by atoms with van der Waals surface area (Å²) in [6, 6.07) is 8.61. The van der Waals surface area contributed by atoms with Crippen LogP contribution in [0.4, 0.5) is 0 Å². The van der Waals surface area contributed by atoms with Gasteiger partial charge in [0, 0.05) is 26.7 Å². The van der Waals surface area contributed by atoms with Crippen molar-refractivity contribution >= 4 is 26.0 Å². The number of sulfonamides is 2. The summed E-state index contributed by atoms with van der Waals surface area (Å²) in [7, 11) is -3.15. The van der Waals surface area contributed by atoms with Gasteiger partial charge in [-0.25, -0.2) is 26.3 Å². The molecule has 0 aromatic heterocycles. The van der Waals surface area contributed by atoms with Gasteiger partial charge >= 0.3 is 0 Å². The quantitative estimate of drug-likeness (QED) is 0.718. The van der Waals surface area contributed by atoms with E-state index in [1.165, 1.54) is 37.2 Å². The molecule has 0 spiro atoms. The highest BCUT2D eigenvalue weighted by molar-refractivity contribution is 7.89. The Labute approximate surface area is 178 Å². The summed E-state index contributed by atoms with van der Waals surface area (Å²) in [6.07, 6.45) is 0. The van der Waals surface area contributed by atoms with Gasteiger partial charge < -0.3 is 4.90 Å². The number of rotatable bonds is 6. The van der Waals surface area contributed by atoms with Crippen molar-refractivity contribution in [2.75, 3.05) is 21.1 Å². The maximum atomic E-state index is 13.1. The molecule has 8 nitrogen and oxygen atoms in total. The number of hydrogen-bond donors (Lipinski definition) is 1. The third-order valence-electron chi connectivity index (χ3n) is 5.20. The Balaban J connectivity index is 2.47. The fraction of sp³-hybridized carbons (Fsp3) is 0.350. The number of carbonyl (C=O) groups excluding carboxylic acids is 1. The van der Waals surface area contributed by atoms with E-state index in [-0.39, 0.29) is 21.3 Å². The van der Waals surface area contributed by atoms with E-state index in [1.54, 1.807) is 46.0 Å². The van der Waals surface area contributed by atoms with Crippen LogP contribution in [0.5, 0.6) is 0 Å². The van der Waals surface area contributed by atoms with E-state index in [0.29, 0.717) is 16.7 Å². The van der Waals surface area contributed by atoms with Gasteiger partial charge in [0.05, 0.1) is 15.8 Å². The predicted octanol–water partition coefficient (Wildman–Crippen LogP) is 2.03. The highest BCUT2D eigenvalue weighted by Crippen LogP contribution is 2.27. The molecule has 0 saturated carbocycles. The molecule has 0 heterocycles. The molecular weight excluding hydrogens is 426 g/mol. The molecular formula is C20H27N3O5S2. The number of carbonyl (C=O) groups is 1. The summed E-state index contributed by atoms with van der Waals surface area (Å²) < 4.78 is 49.7. The lowest BCUT2D eigenvalue weighted by Crippen LogP contribution is -2.30. The average Bonchev–Trinajstić information content (AvgIpc) is 2.67. The van der Waals surface area contributed by atoms with Crippen LogP contribution in [-0.2, 0) is 20.0 Å². The van der Waals surface area contributed by atoms with Crippen LogP contribution >= 0.6 is 0 Å². The molecule has 0 aliphatic heterocycles. The Kier molecular flexibility index (Phi) is 6.77. The number of hydrogen-bond acceptors (Lipinski definition) is 5. The molecule has 2 aromatic carbocycles. The molecule has 0 bridgehead atoms. The first-order valence-corrected chi connectivity index (χ1v) is 12.1. The number of primary sulfonamides is 1. The van der Waals surface area contributed by atoms with Crippen LogP contribution in [0.3, 0.4) is 0 Å². The van der Waals surface area contributed by atoms with E-state index in [4.69, 9.17) is 5.14 Å². The highest BCUT2D eigenvalue weighted by Gasteiger charge is 2.26. The van der Waals surface area contributed by atoms with Crippen LogP contribution in [0.25, 0.3) is 0 Å². The second-order valence-corrected chi connectivity index (χ2v) is 11.1. The van der Waals surface area contributed by atoms with Crippen LogP contribution < -0.4 is 5.14 Å². The third kappa shape index (κ3) is 4.72. The van der Waals surface area contributed by atoms with Crippen LogP contribution in [0.15, 0.2) is 46.2 Å². The summed E-state index contributed by atoms with van der Waals surface area (Å²) in [6.45, 7) is 5.20. The number of amides is 1. The Bertz CT molecular complexity index is 1190. The normalized spacial score (nSPS) is 13.3. The van der Waals surface area contributed by atoms with Crippen LogP contribution in [-0.4, -0.2) is 53.1 Å². The smallest absolute Gasteiger partial charge is 0.254 e. The zero-order valence-electron chi connectivity index (χ0n) is 17.9. The maximum Gasteiger partial charge on any atom is 0.254 e. The summed E-state index contributed by atoms with van der Waals surface area (Å²) >= 11 is 0. The molecule has 0 aliphatic carbocycles. The first-order chi connectivity index (χ1) is 13.7. The molecule has 1 unspecified atom stereocenters. The zero-order chi connectivity index (χ0) is 23.0. The van der Waals surface area contributed by atoms with E-state index in [2.05, 4.69) is 0 Å². The highest BCUT2D eigenvalue weighted by atomic mass is 32.2. The summed E-state index contributed by atoms with van der Waals surface area (Å²) in [4.78, 5) is 14.6. The van der Waals surface area contributed by atoms with E-state index < -0.39 is 26.1 Å². The van der Waals surface area contributed by atoms with Gasteiger partial charge in [-0.15, -0.1) is 0 Å². The first kappa shape index (κ1) is 24.0. The fourth-order valence-corrected chi connectivity index (χ4v) is 4.76. The maximum absolute atomic E-state index is 13.1. The molecule has 2 aromatic rings. The number of nitrogens with two attached hydrogens (primary N) is 1. The lowest BCUT2D eigenvalue weighted by Gasteiger charge is -2.26. The minimum absolute atomic E-state index is 0.0433. The van der Waals surface area contributed by atoms with Crippen LogP contribution in [0.2, 0.25) is 0 Å². The zero-order valence-corrected chi connectivity index (χ0v) is 19.5. The minimum Gasteiger partial charge on any atom is -0.335 e. The molecule has 0 aliphatic rings. The second kappa shape index (κ2) is 8.46.